The van der Waals surface area contributed by atoms with E-state index in [1.807, 2.05) is 35.8 Å². The predicted molar refractivity (Wildman–Crippen MR) is 110 cm³/mol. The van der Waals surface area contributed by atoms with Crippen molar-refractivity contribution >= 4 is 22.7 Å². The molecule has 4 aliphatic carbocycles. The van der Waals surface area contributed by atoms with Gasteiger partial charge in [0.2, 0.25) is 11.7 Å². The maximum absolute atomic E-state index is 13.0. The number of rotatable bonds is 4. The minimum atomic E-state index is -0.246. The van der Waals surface area contributed by atoms with Crippen molar-refractivity contribution in [3.8, 4) is 0 Å². The highest BCUT2D eigenvalue weighted by atomic mass is 16.2. The molecule has 7 nitrogen and oxygen atoms in total. The average Bonchev–Trinajstić information content (AvgIpc) is 3.14. The fourth-order valence-corrected chi connectivity index (χ4v) is 6.92. The normalized spacial score (nSPS) is 30.4. The van der Waals surface area contributed by atoms with Crippen LogP contribution in [0.4, 0.5) is 0 Å². The third-order valence-electron chi connectivity index (χ3n) is 7.53. The molecule has 0 saturated heterocycles. The van der Waals surface area contributed by atoms with Gasteiger partial charge in [-0.1, -0.05) is 12.1 Å². The van der Waals surface area contributed by atoms with Crippen molar-refractivity contribution in [3.63, 3.8) is 0 Å². The van der Waals surface area contributed by atoms with Crippen molar-refractivity contribution in [1.82, 2.24) is 24.1 Å². The Hall–Kier alpha value is -2.57. The van der Waals surface area contributed by atoms with E-state index in [1.54, 1.807) is 4.40 Å². The fraction of sp³-hybridized carbons (Fsp3) is 0.591. The molecule has 0 aliphatic heterocycles. The number of nitrogens with one attached hydrogen (secondary N) is 1. The minimum Gasteiger partial charge on any atom is -0.349 e. The number of para-hydroxylation sites is 2. The van der Waals surface area contributed by atoms with Gasteiger partial charge in [0, 0.05) is 12.1 Å². The summed E-state index contributed by atoms with van der Waals surface area (Å²) in [5.41, 5.74) is 1.53. The van der Waals surface area contributed by atoms with Crippen LogP contribution in [0.2, 0.25) is 0 Å². The summed E-state index contributed by atoms with van der Waals surface area (Å²) < 4.78 is 4.96. The molecule has 4 fully saturated rings. The van der Waals surface area contributed by atoms with E-state index in [0.29, 0.717) is 12.3 Å². The van der Waals surface area contributed by atoms with Gasteiger partial charge in [-0.25, -0.2) is 13.9 Å². The van der Waals surface area contributed by atoms with Crippen LogP contribution in [0.25, 0.3) is 16.8 Å². The van der Waals surface area contributed by atoms with Crippen LogP contribution in [0.3, 0.4) is 0 Å². The highest BCUT2D eigenvalue weighted by Crippen LogP contribution is 2.55. The van der Waals surface area contributed by atoms with Crippen molar-refractivity contribution < 1.29 is 4.79 Å². The second kappa shape index (κ2) is 5.97. The largest absolute Gasteiger partial charge is 0.352 e. The number of nitrogens with zero attached hydrogens (tertiary/aromatic N) is 4. The Morgan fingerprint density at radius 3 is 2.34 bits per heavy atom. The molecule has 1 aromatic carbocycles. The summed E-state index contributed by atoms with van der Waals surface area (Å²) >= 11 is 0. The molecule has 1 N–H and O–H groups in total. The monoisotopic (exact) mass is 393 g/mol. The molecule has 0 atom stereocenters. The van der Waals surface area contributed by atoms with Gasteiger partial charge in [-0.2, -0.15) is 0 Å². The first kappa shape index (κ1) is 17.3. The molecule has 0 radical (unpaired) electrons. The van der Waals surface area contributed by atoms with Gasteiger partial charge in [0.05, 0.1) is 11.0 Å². The predicted octanol–water partition coefficient (Wildman–Crippen LogP) is 2.56. The smallest absolute Gasteiger partial charge is 0.349 e. The number of carbonyl (C=O) groups excluding carboxylic acids is 1. The van der Waals surface area contributed by atoms with Gasteiger partial charge in [-0.15, -0.1) is 5.10 Å². The molecule has 4 bridgehead atoms. The molecule has 7 rings (SSSR count). The first-order valence-electron chi connectivity index (χ1n) is 10.9. The molecule has 2 aromatic heterocycles. The van der Waals surface area contributed by atoms with Crippen LogP contribution in [-0.4, -0.2) is 30.2 Å². The van der Waals surface area contributed by atoms with Crippen LogP contribution in [-0.2, 0) is 17.9 Å². The average molecular weight is 393 g/mol. The zero-order valence-corrected chi connectivity index (χ0v) is 16.8. The van der Waals surface area contributed by atoms with E-state index in [-0.39, 0.29) is 23.7 Å². The van der Waals surface area contributed by atoms with Crippen LogP contribution in [0, 0.1) is 17.8 Å². The number of hydrogen-bond donors (Lipinski definition) is 1. The van der Waals surface area contributed by atoms with E-state index in [2.05, 4.69) is 10.4 Å². The lowest BCUT2D eigenvalue weighted by atomic mass is 9.53. The summed E-state index contributed by atoms with van der Waals surface area (Å²) in [7, 11) is 0. The van der Waals surface area contributed by atoms with Gasteiger partial charge in [-0.05, 0) is 75.3 Å². The lowest BCUT2D eigenvalue weighted by Gasteiger charge is -2.56. The number of benzene rings is 1. The van der Waals surface area contributed by atoms with E-state index < -0.39 is 0 Å². The standard InChI is InChI=1S/C22H27N5O2/c1-2-25-17-5-3-4-6-18(17)27-20(25)24-26(21(27)29)13-19(28)23-22-10-14-7-15(11-22)9-16(8-14)12-22/h3-6,14-16H,2,7-13H2,1H3,(H,23,28). The van der Waals surface area contributed by atoms with E-state index in [0.717, 1.165) is 48.0 Å². The van der Waals surface area contributed by atoms with Crippen molar-refractivity contribution in [2.45, 2.75) is 64.1 Å². The summed E-state index contributed by atoms with van der Waals surface area (Å²) in [5, 5.41) is 7.87. The SMILES string of the molecule is CCn1c2ccccc2n2c(=O)n(CC(=O)NC34CC5CC(CC(C5)C3)C4)nc12. The number of aromatic nitrogens is 4. The van der Waals surface area contributed by atoms with Crippen molar-refractivity contribution in [1.29, 1.82) is 0 Å². The Labute approximate surface area is 168 Å². The molecule has 7 heteroatoms. The van der Waals surface area contributed by atoms with Gasteiger partial charge in [0.25, 0.3) is 0 Å². The molecule has 0 spiro atoms. The molecule has 3 aromatic rings. The second-order valence-electron chi connectivity index (χ2n) is 9.55. The van der Waals surface area contributed by atoms with E-state index >= 15 is 0 Å². The van der Waals surface area contributed by atoms with Crippen LogP contribution < -0.4 is 11.0 Å². The zero-order valence-electron chi connectivity index (χ0n) is 16.8. The van der Waals surface area contributed by atoms with Crippen molar-refractivity contribution in [3.05, 3.63) is 34.7 Å². The number of aryl methyl sites for hydroxylation is 1. The van der Waals surface area contributed by atoms with Gasteiger partial charge in [0.15, 0.2) is 0 Å². The third kappa shape index (κ3) is 2.52. The lowest BCUT2D eigenvalue weighted by molar-refractivity contribution is -0.127. The minimum absolute atomic E-state index is 0.0136. The Bertz CT molecular complexity index is 1150. The second-order valence-corrected chi connectivity index (χ2v) is 9.55. The Kier molecular flexibility index (Phi) is 3.56. The van der Waals surface area contributed by atoms with E-state index in [9.17, 15) is 9.59 Å². The first-order valence-corrected chi connectivity index (χ1v) is 10.9. The Morgan fingerprint density at radius 2 is 1.72 bits per heavy atom. The molecule has 152 valence electrons. The van der Waals surface area contributed by atoms with E-state index in [4.69, 9.17) is 0 Å². The van der Waals surface area contributed by atoms with Crippen LogP contribution in [0.5, 0.6) is 0 Å². The van der Waals surface area contributed by atoms with Gasteiger partial charge < -0.3 is 9.88 Å². The summed E-state index contributed by atoms with van der Waals surface area (Å²) in [6.45, 7) is 2.74. The molecule has 29 heavy (non-hydrogen) atoms. The highest BCUT2D eigenvalue weighted by Gasteiger charge is 2.51. The molecule has 4 aliphatic rings. The molecule has 2 heterocycles. The van der Waals surface area contributed by atoms with Gasteiger partial charge in [0.1, 0.15) is 6.54 Å². The Morgan fingerprint density at radius 1 is 1.10 bits per heavy atom. The zero-order chi connectivity index (χ0) is 19.8. The number of carbonyl (C=O) groups is 1. The highest BCUT2D eigenvalue weighted by molar-refractivity contribution is 5.81. The van der Waals surface area contributed by atoms with Crippen LogP contribution in [0.1, 0.15) is 45.4 Å². The third-order valence-corrected chi connectivity index (χ3v) is 7.53. The van der Waals surface area contributed by atoms with Gasteiger partial charge >= 0.3 is 5.69 Å². The molecule has 0 unspecified atom stereocenters. The molecule has 4 saturated carbocycles. The fourth-order valence-electron chi connectivity index (χ4n) is 6.92. The maximum atomic E-state index is 13.0. The molecular formula is C22H27N5O2. The van der Waals surface area contributed by atoms with Crippen molar-refractivity contribution in [2.24, 2.45) is 17.8 Å². The number of hydrogen-bond acceptors (Lipinski definition) is 3. The summed E-state index contributed by atoms with van der Waals surface area (Å²) in [6.07, 6.45) is 7.35. The summed E-state index contributed by atoms with van der Waals surface area (Å²) in [5.74, 6) is 2.84. The van der Waals surface area contributed by atoms with E-state index in [1.165, 1.54) is 23.9 Å². The number of fused-ring (bicyclic) bond motifs is 3. The first-order chi connectivity index (χ1) is 14.0. The van der Waals surface area contributed by atoms with Crippen LogP contribution in [0.15, 0.2) is 29.1 Å². The molecule has 1 amide bonds. The maximum Gasteiger partial charge on any atom is 0.352 e. The van der Waals surface area contributed by atoms with Crippen molar-refractivity contribution in [2.75, 3.05) is 0 Å². The quantitative estimate of drug-likeness (QED) is 0.740. The lowest BCUT2D eigenvalue weighted by Crippen LogP contribution is -2.60. The summed E-state index contributed by atoms with van der Waals surface area (Å²) in [6, 6.07) is 7.81. The number of amides is 1. The topological polar surface area (TPSA) is 73.3 Å². The molecular weight excluding hydrogens is 366 g/mol. The summed E-state index contributed by atoms with van der Waals surface area (Å²) in [4.78, 5) is 26.0. The van der Waals surface area contributed by atoms with Crippen LogP contribution >= 0.6 is 0 Å². The Balaban J connectivity index is 1.30. The number of imidazole rings is 1. The van der Waals surface area contributed by atoms with Gasteiger partial charge in [-0.3, -0.25) is 4.79 Å².